The molecule has 24 heavy (non-hydrogen) atoms. The minimum Gasteiger partial charge on any atom is -0.328 e. The molecule has 0 unspecified atom stereocenters. The van der Waals surface area contributed by atoms with E-state index in [-0.39, 0.29) is 17.1 Å². The monoisotopic (exact) mass is 389 g/mol. The molecule has 0 aliphatic rings. The number of rotatable bonds is 18. The first kappa shape index (κ1) is 26.7. The Labute approximate surface area is 165 Å². The summed E-state index contributed by atoms with van der Waals surface area (Å²) in [6, 6.07) is 0. The summed E-state index contributed by atoms with van der Waals surface area (Å²) in [5, 5.41) is 0. The van der Waals surface area contributed by atoms with Gasteiger partial charge in [-0.15, -0.1) is 0 Å². The van der Waals surface area contributed by atoms with Crippen LogP contribution in [0.5, 0.6) is 0 Å². The first-order valence-corrected chi connectivity index (χ1v) is 10.9. The standard InChI is InChI=1S/C22H48N.Cu/c1-5-7-9-11-13-15-17-19-21-23(3,4)22-20-18-16-14-12-10-8-6-2;/h5-22H2,1-4H3;/q+1;+2. The normalized spacial score (nSPS) is 11.5. The van der Waals surface area contributed by atoms with Crippen molar-refractivity contribution >= 4 is 0 Å². The first-order valence-electron chi connectivity index (χ1n) is 10.9. The van der Waals surface area contributed by atoms with Gasteiger partial charge in [0.25, 0.3) is 0 Å². The SMILES string of the molecule is CCCCCCCCCC[N+](C)(C)CCCCCCCCCC.[Cu+2]. The van der Waals surface area contributed by atoms with Gasteiger partial charge in [0.15, 0.2) is 0 Å². The van der Waals surface area contributed by atoms with Gasteiger partial charge < -0.3 is 4.48 Å². The minimum absolute atomic E-state index is 0. The quantitative estimate of drug-likeness (QED) is 0.130. The topological polar surface area (TPSA) is 0 Å². The third-order valence-corrected chi connectivity index (χ3v) is 5.23. The summed E-state index contributed by atoms with van der Waals surface area (Å²) in [6.45, 7) is 7.36. The summed E-state index contributed by atoms with van der Waals surface area (Å²) in [7, 11) is 4.87. The molecule has 149 valence electrons. The second kappa shape index (κ2) is 19.8. The van der Waals surface area contributed by atoms with Gasteiger partial charge in [0.1, 0.15) is 0 Å². The molecular weight excluding hydrogens is 342 g/mol. The van der Waals surface area contributed by atoms with Gasteiger partial charge in [0.05, 0.1) is 27.2 Å². The summed E-state index contributed by atoms with van der Waals surface area (Å²) in [4.78, 5) is 0. The molecule has 0 spiro atoms. The minimum atomic E-state index is 0. The van der Waals surface area contributed by atoms with Crippen LogP contribution in [0.15, 0.2) is 0 Å². The van der Waals surface area contributed by atoms with E-state index in [0.29, 0.717) is 0 Å². The molecule has 0 amide bonds. The Hall–Kier alpha value is 0.479. The van der Waals surface area contributed by atoms with Crippen molar-refractivity contribution in [2.24, 2.45) is 0 Å². The zero-order valence-electron chi connectivity index (χ0n) is 17.5. The summed E-state index contributed by atoms with van der Waals surface area (Å²) < 4.78 is 1.24. The Morgan fingerprint density at radius 1 is 0.417 bits per heavy atom. The molecular formula is C22H48CuN+3. The molecule has 2 heteroatoms. The number of hydrogen-bond donors (Lipinski definition) is 0. The van der Waals surface area contributed by atoms with Crippen molar-refractivity contribution in [1.29, 1.82) is 0 Å². The molecule has 0 saturated carbocycles. The molecule has 0 rings (SSSR count). The van der Waals surface area contributed by atoms with E-state index in [4.69, 9.17) is 0 Å². The molecule has 0 aliphatic heterocycles. The van der Waals surface area contributed by atoms with Crippen LogP contribution in [0.3, 0.4) is 0 Å². The number of hydrogen-bond acceptors (Lipinski definition) is 0. The summed E-state index contributed by atoms with van der Waals surface area (Å²) in [5.41, 5.74) is 0. The predicted molar refractivity (Wildman–Crippen MR) is 107 cm³/mol. The van der Waals surface area contributed by atoms with Crippen molar-refractivity contribution in [3.63, 3.8) is 0 Å². The van der Waals surface area contributed by atoms with Gasteiger partial charge in [-0.25, -0.2) is 0 Å². The van der Waals surface area contributed by atoms with Crippen LogP contribution in [0.1, 0.15) is 117 Å². The second-order valence-electron chi connectivity index (χ2n) is 8.33. The molecule has 0 aromatic rings. The molecule has 0 saturated heterocycles. The van der Waals surface area contributed by atoms with E-state index in [0.717, 1.165) is 0 Å². The molecule has 0 heterocycles. The van der Waals surface area contributed by atoms with Gasteiger partial charge in [-0.2, -0.15) is 0 Å². The van der Waals surface area contributed by atoms with Crippen LogP contribution in [0.25, 0.3) is 0 Å². The molecule has 0 aliphatic carbocycles. The van der Waals surface area contributed by atoms with Crippen molar-refractivity contribution in [1.82, 2.24) is 0 Å². The van der Waals surface area contributed by atoms with Crippen LogP contribution < -0.4 is 0 Å². The zero-order chi connectivity index (χ0) is 17.2. The molecule has 1 radical (unpaired) electrons. The Bertz CT molecular complexity index is 206. The maximum absolute atomic E-state index is 2.43. The van der Waals surface area contributed by atoms with Crippen LogP contribution in [-0.2, 0) is 17.1 Å². The smallest absolute Gasteiger partial charge is 0.328 e. The van der Waals surface area contributed by atoms with Gasteiger partial charge >= 0.3 is 17.1 Å². The van der Waals surface area contributed by atoms with Crippen molar-refractivity contribution < 1.29 is 21.6 Å². The van der Waals surface area contributed by atoms with E-state index in [1.807, 2.05) is 0 Å². The van der Waals surface area contributed by atoms with E-state index in [1.165, 1.54) is 120 Å². The second-order valence-corrected chi connectivity index (χ2v) is 8.33. The number of quaternary nitrogens is 1. The largest absolute Gasteiger partial charge is 2.00 e. The Morgan fingerprint density at radius 3 is 0.958 bits per heavy atom. The van der Waals surface area contributed by atoms with E-state index >= 15 is 0 Å². The summed E-state index contributed by atoms with van der Waals surface area (Å²) >= 11 is 0. The molecule has 0 aromatic heterocycles. The van der Waals surface area contributed by atoms with Gasteiger partial charge in [0.2, 0.25) is 0 Å². The average Bonchev–Trinajstić information content (AvgIpc) is 2.52. The molecule has 0 N–H and O–H groups in total. The van der Waals surface area contributed by atoms with E-state index in [1.54, 1.807) is 0 Å². The Morgan fingerprint density at radius 2 is 0.667 bits per heavy atom. The van der Waals surface area contributed by atoms with E-state index < -0.39 is 0 Å². The fraction of sp³-hybridized carbons (Fsp3) is 1.00. The van der Waals surface area contributed by atoms with Crippen molar-refractivity contribution in [2.75, 3.05) is 27.2 Å². The third-order valence-electron chi connectivity index (χ3n) is 5.23. The fourth-order valence-electron chi connectivity index (χ4n) is 3.46. The van der Waals surface area contributed by atoms with Gasteiger partial charge in [0, 0.05) is 0 Å². The van der Waals surface area contributed by atoms with Crippen LogP contribution in [-0.4, -0.2) is 31.7 Å². The van der Waals surface area contributed by atoms with E-state index in [9.17, 15) is 0 Å². The summed E-state index contributed by atoms with van der Waals surface area (Å²) in [5.74, 6) is 0. The third kappa shape index (κ3) is 20.5. The number of nitrogens with zero attached hydrogens (tertiary/aromatic N) is 1. The van der Waals surface area contributed by atoms with Crippen molar-refractivity contribution in [3.8, 4) is 0 Å². The van der Waals surface area contributed by atoms with E-state index in [2.05, 4.69) is 27.9 Å². The zero-order valence-corrected chi connectivity index (χ0v) is 18.4. The molecule has 0 bridgehead atoms. The fourth-order valence-corrected chi connectivity index (χ4v) is 3.46. The summed E-state index contributed by atoms with van der Waals surface area (Å²) in [6.07, 6.45) is 23.0. The van der Waals surface area contributed by atoms with Crippen LogP contribution in [0.2, 0.25) is 0 Å². The first-order chi connectivity index (χ1) is 11.1. The van der Waals surface area contributed by atoms with Gasteiger partial charge in [-0.05, 0) is 25.7 Å². The number of unbranched alkanes of at least 4 members (excludes halogenated alkanes) is 14. The molecule has 1 nitrogen and oxygen atoms in total. The van der Waals surface area contributed by atoms with Gasteiger partial charge in [-0.3, -0.25) is 0 Å². The van der Waals surface area contributed by atoms with Crippen molar-refractivity contribution in [2.45, 2.75) is 117 Å². The Balaban J connectivity index is 0. The van der Waals surface area contributed by atoms with Crippen LogP contribution >= 0.6 is 0 Å². The van der Waals surface area contributed by atoms with Crippen LogP contribution in [0, 0.1) is 0 Å². The maximum Gasteiger partial charge on any atom is 2.00 e. The molecule has 0 aromatic carbocycles. The predicted octanol–water partition coefficient (Wildman–Crippen LogP) is 7.34. The molecule has 0 fully saturated rings. The van der Waals surface area contributed by atoms with Crippen LogP contribution in [0.4, 0.5) is 0 Å². The average molecular weight is 390 g/mol. The van der Waals surface area contributed by atoms with Crippen molar-refractivity contribution in [3.05, 3.63) is 0 Å². The molecule has 0 atom stereocenters. The van der Waals surface area contributed by atoms with Gasteiger partial charge in [-0.1, -0.05) is 90.9 Å². The maximum atomic E-state index is 2.43. The Kier molecular flexibility index (Phi) is 22.0.